The van der Waals surface area contributed by atoms with Gasteiger partial charge in [-0.25, -0.2) is 0 Å². The first-order valence-corrected chi connectivity index (χ1v) is 7.39. The zero-order valence-electron chi connectivity index (χ0n) is 12.3. The van der Waals surface area contributed by atoms with Gasteiger partial charge >= 0.3 is 0 Å². The third-order valence-electron chi connectivity index (χ3n) is 4.35. The smallest absolute Gasteiger partial charge is 0.230 e. The number of piperidine rings is 1. The summed E-state index contributed by atoms with van der Waals surface area (Å²) in [4.78, 5) is 24.1. The molecule has 1 N–H and O–H groups in total. The van der Waals surface area contributed by atoms with Crippen LogP contribution in [0.4, 0.5) is 0 Å². The van der Waals surface area contributed by atoms with Crippen LogP contribution in [0.3, 0.4) is 0 Å². The molecule has 2 aromatic rings. The first kappa shape index (κ1) is 13.8. The van der Waals surface area contributed by atoms with Crippen molar-refractivity contribution in [1.29, 1.82) is 0 Å². The number of nitrogens with one attached hydrogen (secondary N) is 1. The number of imide groups is 1. The molecule has 1 aliphatic heterocycles. The van der Waals surface area contributed by atoms with Gasteiger partial charge in [0.15, 0.2) is 0 Å². The second-order valence-electron chi connectivity index (χ2n) is 6.06. The standard InChI is InChI=1S/C18H19NO2/c1-11(2)17-15(10-16(20)19-18(17)21)14-9-5-7-12-6-3-4-8-13(12)14/h3-9,11,15,17H,10H2,1-2H3,(H,19,20,21). The van der Waals surface area contributed by atoms with Gasteiger partial charge in [0, 0.05) is 18.3 Å². The van der Waals surface area contributed by atoms with Crippen LogP contribution in [0.5, 0.6) is 0 Å². The van der Waals surface area contributed by atoms with Crippen LogP contribution in [0.25, 0.3) is 10.8 Å². The molecule has 0 aliphatic carbocycles. The molecule has 3 rings (SSSR count). The SMILES string of the molecule is CC(C)C1C(=O)NC(=O)CC1c1cccc2ccccc12. The first-order valence-electron chi connectivity index (χ1n) is 7.39. The predicted molar refractivity (Wildman–Crippen MR) is 82.8 cm³/mol. The molecular formula is C18H19NO2. The Kier molecular flexibility index (Phi) is 3.50. The molecule has 1 saturated heterocycles. The molecule has 1 heterocycles. The first-order chi connectivity index (χ1) is 10.1. The molecular weight excluding hydrogens is 262 g/mol. The van der Waals surface area contributed by atoms with Crippen molar-refractivity contribution in [1.82, 2.24) is 5.32 Å². The summed E-state index contributed by atoms with van der Waals surface area (Å²) >= 11 is 0. The molecule has 0 bridgehead atoms. The Bertz CT molecular complexity index is 700. The minimum Gasteiger partial charge on any atom is -0.296 e. The van der Waals surface area contributed by atoms with Crippen molar-refractivity contribution in [3.8, 4) is 0 Å². The monoisotopic (exact) mass is 281 g/mol. The van der Waals surface area contributed by atoms with E-state index in [4.69, 9.17) is 0 Å². The normalized spacial score (nSPS) is 22.6. The average Bonchev–Trinajstić information content (AvgIpc) is 2.45. The third-order valence-corrected chi connectivity index (χ3v) is 4.35. The molecule has 0 aromatic heterocycles. The molecule has 3 nitrogen and oxygen atoms in total. The van der Waals surface area contributed by atoms with Gasteiger partial charge in [0.1, 0.15) is 0 Å². The van der Waals surface area contributed by atoms with Crippen LogP contribution in [-0.2, 0) is 9.59 Å². The van der Waals surface area contributed by atoms with Crippen molar-refractivity contribution in [2.24, 2.45) is 11.8 Å². The van der Waals surface area contributed by atoms with Gasteiger partial charge < -0.3 is 0 Å². The molecule has 2 amide bonds. The minimum atomic E-state index is -0.171. The summed E-state index contributed by atoms with van der Waals surface area (Å²) in [5, 5.41) is 4.77. The number of hydrogen-bond acceptors (Lipinski definition) is 2. The molecule has 0 saturated carbocycles. The second kappa shape index (κ2) is 5.32. The molecule has 1 fully saturated rings. The minimum absolute atomic E-state index is 0.0441. The Morgan fingerprint density at radius 1 is 1.05 bits per heavy atom. The van der Waals surface area contributed by atoms with Crippen LogP contribution in [0.15, 0.2) is 42.5 Å². The van der Waals surface area contributed by atoms with E-state index < -0.39 is 0 Å². The molecule has 0 radical (unpaired) electrons. The number of fused-ring (bicyclic) bond motifs is 1. The number of amides is 2. The van der Waals surface area contributed by atoms with Gasteiger partial charge in [-0.2, -0.15) is 0 Å². The van der Waals surface area contributed by atoms with Crippen LogP contribution >= 0.6 is 0 Å². The van der Waals surface area contributed by atoms with Crippen LogP contribution in [0, 0.1) is 11.8 Å². The highest BCUT2D eigenvalue weighted by molar-refractivity contribution is 6.01. The zero-order chi connectivity index (χ0) is 15.0. The fourth-order valence-electron chi connectivity index (χ4n) is 3.43. The fraction of sp³-hybridized carbons (Fsp3) is 0.333. The van der Waals surface area contributed by atoms with Crippen molar-refractivity contribution in [2.75, 3.05) is 0 Å². The number of rotatable bonds is 2. The van der Waals surface area contributed by atoms with Gasteiger partial charge in [0.2, 0.25) is 11.8 Å². The Morgan fingerprint density at radius 3 is 2.52 bits per heavy atom. The highest BCUT2D eigenvalue weighted by Crippen LogP contribution is 2.38. The van der Waals surface area contributed by atoms with E-state index in [9.17, 15) is 9.59 Å². The zero-order valence-corrected chi connectivity index (χ0v) is 12.3. The van der Waals surface area contributed by atoms with Crippen molar-refractivity contribution in [2.45, 2.75) is 26.2 Å². The van der Waals surface area contributed by atoms with Gasteiger partial charge in [-0.1, -0.05) is 56.3 Å². The Morgan fingerprint density at radius 2 is 1.76 bits per heavy atom. The Balaban J connectivity index is 2.14. The lowest BCUT2D eigenvalue weighted by Gasteiger charge is -2.33. The predicted octanol–water partition coefficient (Wildman–Crippen LogP) is 3.24. The van der Waals surface area contributed by atoms with Gasteiger partial charge in [0.25, 0.3) is 0 Å². The Hall–Kier alpha value is -2.16. The lowest BCUT2D eigenvalue weighted by molar-refractivity contribution is -0.138. The van der Waals surface area contributed by atoms with Crippen molar-refractivity contribution >= 4 is 22.6 Å². The van der Waals surface area contributed by atoms with E-state index in [0.29, 0.717) is 6.42 Å². The van der Waals surface area contributed by atoms with Crippen LogP contribution in [0.1, 0.15) is 31.7 Å². The van der Waals surface area contributed by atoms with E-state index in [-0.39, 0.29) is 29.6 Å². The Labute approximate surface area is 124 Å². The number of benzene rings is 2. The maximum Gasteiger partial charge on any atom is 0.230 e. The molecule has 1 aliphatic rings. The van der Waals surface area contributed by atoms with Gasteiger partial charge in [-0.15, -0.1) is 0 Å². The topological polar surface area (TPSA) is 46.2 Å². The van der Waals surface area contributed by atoms with E-state index >= 15 is 0 Å². The molecule has 108 valence electrons. The van der Waals surface area contributed by atoms with Crippen molar-refractivity contribution in [3.05, 3.63) is 48.0 Å². The van der Waals surface area contributed by atoms with Crippen LogP contribution in [-0.4, -0.2) is 11.8 Å². The second-order valence-corrected chi connectivity index (χ2v) is 6.06. The average molecular weight is 281 g/mol. The maximum absolute atomic E-state index is 12.2. The largest absolute Gasteiger partial charge is 0.296 e. The summed E-state index contributed by atoms with van der Waals surface area (Å²) in [7, 11) is 0. The highest BCUT2D eigenvalue weighted by atomic mass is 16.2. The molecule has 2 atom stereocenters. The summed E-state index contributed by atoms with van der Waals surface area (Å²) in [5.74, 6) is -0.318. The molecule has 2 unspecified atom stereocenters. The lowest BCUT2D eigenvalue weighted by Crippen LogP contribution is -2.46. The lowest BCUT2D eigenvalue weighted by atomic mass is 9.73. The number of carbonyl (C=O) groups excluding carboxylic acids is 2. The number of hydrogen-bond donors (Lipinski definition) is 1. The van der Waals surface area contributed by atoms with Crippen molar-refractivity contribution in [3.63, 3.8) is 0 Å². The van der Waals surface area contributed by atoms with Crippen LogP contribution < -0.4 is 5.32 Å². The third kappa shape index (κ3) is 2.44. The molecule has 21 heavy (non-hydrogen) atoms. The number of carbonyl (C=O) groups is 2. The molecule has 0 spiro atoms. The van der Waals surface area contributed by atoms with Gasteiger partial charge in [-0.05, 0) is 22.3 Å². The maximum atomic E-state index is 12.2. The summed E-state index contributed by atoms with van der Waals surface area (Å²) < 4.78 is 0. The van der Waals surface area contributed by atoms with E-state index in [2.05, 4.69) is 23.5 Å². The van der Waals surface area contributed by atoms with E-state index in [1.165, 1.54) is 0 Å². The van der Waals surface area contributed by atoms with Gasteiger partial charge in [-0.3, -0.25) is 14.9 Å². The fourth-order valence-corrected chi connectivity index (χ4v) is 3.43. The van der Waals surface area contributed by atoms with E-state index in [1.807, 2.05) is 38.1 Å². The quantitative estimate of drug-likeness (QED) is 0.859. The summed E-state index contributed by atoms with van der Waals surface area (Å²) in [6.07, 6.45) is 0.378. The van der Waals surface area contributed by atoms with Gasteiger partial charge in [0.05, 0.1) is 0 Å². The molecule has 3 heteroatoms. The van der Waals surface area contributed by atoms with E-state index in [0.717, 1.165) is 16.3 Å². The van der Waals surface area contributed by atoms with Crippen molar-refractivity contribution < 1.29 is 9.59 Å². The summed E-state index contributed by atoms with van der Waals surface area (Å²) in [6.45, 7) is 4.08. The summed E-state index contributed by atoms with van der Waals surface area (Å²) in [6, 6.07) is 14.3. The summed E-state index contributed by atoms with van der Waals surface area (Å²) in [5.41, 5.74) is 1.11. The van der Waals surface area contributed by atoms with Crippen LogP contribution in [0.2, 0.25) is 0 Å². The molecule has 2 aromatic carbocycles. The highest BCUT2D eigenvalue weighted by Gasteiger charge is 2.39. The van der Waals surface area contributed by atoms with E-state index in [1.54, 1.807) is 0 Å².